The summed E-state index contributed by atoms with van der Waals surface area (Å²) in [4.78, 5) is 9.09. The zero-order valence-electron chi connectivity index (χ0n) is 4.43. The third kappa shape index (κ3) is 444. The fourth-order valence-corrected chi connectivity index (χ4v) is 0. The Kier molecular flexibility index (Phi) is 119. The molecule has 0 fully saturated rings. The summed E-state index contributed by atoms with van der Waals surface area (Å²) in [6, 6.07) is 0. The predicted octanol–water partition coefficient (Wildman–Crippen LogP) is -2.86. The van der Waals surface area contributed by atoms with Gasteiger partial charge in [-0.2, -0.15) is 0 Å². The summed E-state index contributed by atoms with van der Waals surface area (Å²) in [5.74, 6) is 0. The van der Waals surface area contributed by atoms with E-state index in [9.17, 15) is 0 Å². The van der Waals surface area contributed by atoms with Crippen molar-refractivity contribution < 1.29 is 21.2 Å². The van der Waals surface area contributed by atoms with Crippen LogP contribution in [0.25, 0.3) is 0 Å². The van der Waals surface area contributed by atoms with Crippen LogP contribution in [0.5, 0.6) is 0 Å². The van der Waals surface area contributed by atoms with E-state index < -0.39 is 5.24 Å². The van der Waals surface area contributed by atoms with E-state index in [4.69, 9.17) is 4.79 Å². The minimum atomic E-state index is -0.639. The smallest absolute Gasteiger partial charge is 0.273 e. The normalized spacial score (nSPS) is 3.12. The van der Waals surface area contributed by atoms with E-state index in [0.717, 1.165) is 0 Å². The average Bonchev–Trinajstić information content (AvgIpc) is 0.811. The van der Waals surface area contributed by atoms with E-state index in [1.165, 1.54) is 0 Å². The van der Waals surface area contributed by atoms with Gasteiger partial charge in [0.05, 0.1) is 0 Å². The number of thiol groups is 1. The number of carbonyl (C=O) groups is 1. The minimum Gasteiger partial charge on any atom is -0.412 e. The number of amides is 1. The van der Waals surface area contributed by atoms with E-state index in [0.29, 0.717) is 0 Å². The Labute approximate surface area is 74.3 Å². The molecule has 0 aliphatic carbocycles. The maximum atomic E-state index is 9.09. The Hall–Kier alpha value is 0.700. The van der Waals surface area contributed by atoms with Gasteiger partial charge in [0, 0.05) is 29.6 Å². The van der Waals surface area contributed by atoms with E-state index in [1.54, 1.807) is 0 Å². The molecule has 7 heteroatoms. The fourth-order valence-electron chi connectivity index (χ4n) is 0. The molecule has 1 amide bonds. The predicted molar refractivity (Wildman–Crippen MR) is 35.2 cm³/mol. The largest absolute Gasteiger partial charge is 0.412 e. The van der Waals surface area contributed by atoms with Crippen LogP contribution in [0.4, 0.5) is 4.79 Å². The van der Waals surface area contributed by atoms with Crippen LogP contribution in [0.1, 0.15) is 0 Å². The molecule has 0 atom stereocenters. The van der Waals surface area contributed by atoms with E-state index in [2.05, 4.69) is 18.4 Å². The second-order valence-corrected chi connectivity index (χ2v) is 0.779. The van der Waals surface area contributed by atoms with Crippen molar-refractivity contribution in [2.24, 2.45) is 5.73 Å². The fraction of sp³-hybridized carbons (Fsp3) is 0. The number of nitrogens with two attached hydrogens (primary N) is 1. The van der Waals surface area contributed by atoms with Crippen LogP contribution in [-0.4, -0.2) is 51.2 Å². The molecule has 1 radical (unpaired) electrons. The van der Waals surface area contributed by atoms with Crippen LogP contribution in [0.2, 0.25) is 0 Å². The summed E-state index contributed by atoms with van der Waals surface area (Å²) >= 11 is 3.10. The van der Waals surface area contributed by atoms with Gasteiger partial charge in [-0.3, -0.25) is 4.79 Å². The summed E-state index contributed by atoms with van der Waals surface area (Å²) in [6.07, 6.45) is 0. The first-order chi connectivity index (χ1) is 1.73. The van der Waals surface area contributed by atoms with Crippen LogP contribution in [0.3, 0.4) is 0 Å². The molecule has 0 aromatic carbocycles. The van der Waals surface area contributed by atoms with Crippen LogP contribution >= 0.6 is 12.6 Å². The third-order valence-electron chi connectivity index (χ3n) is 0. The Morgan fingerprint density at radius 2 is 1.25 bits per heavy atom. The topological polar surface area (TPSA) is 138 Å². The Morgan fingerprint density at radius 3 is 1.25 bits per heavy atom. The van der Waals surface area contributed by atoms with Crippen LogP contribution < -0.4 is 5.73 Å². The average molecular weight is 154 g/mol. The summed E-state index contributed by atoms with van der Waals surface area (Å²) in [6.45, 7) is 0. The van der Waals surface area contributed by atoms with Crippen molar-refractivity contribution in [3.8, 4) is 0 Å². The maximum Gasteiger partial charge on any atom is 0.273 e. The molecule has 5 nitrogen and oxygen atoms in total. The summed E-state index contributed by atoms with van der Waals surface area (Å²) in [5, 5.41) is -0.639. The van der Waals surface area contributed by atoms with Gasteiger partial charge < -0.3 is 22.2 Å². The molecular weight excluding hydrogens is 145 g/mol. The second-order valence-electron chi connectivity index (χ2n) is 0.338. The molecule has 0 saturated carbocycles. The monoisotopic (exact) mass is 154 g/mol. The minimum absolute atomic E-state index is 0. The van der Waals surface area contributed by atoms with Crippen LogP contribution in [0, 0.1) is 0 Å². The zero-order chi connectivity index (χ0) is 3.58. The first-order valence-corrected chi connectivity index (χ1v) is 1.16. The first kappa shape index (κ1) is 37.7. The molecule has 8 heavy (non-hydrogen) atoms. The second kappa shape index (κ2) is 25.2. The maximum absolute atomic E-state index is 9.09. The molecule has 0 rings (SSSR count). The Morgan fingerprint density at radius 1 is 1.25 bits per heavy atom. The van der Waals surface area contributed by atoms with Gasteiger partial charge in [-0.05, 0) is 0 Å². The molecule has 0 heterocycles. The number of hydrogen-bond acceptors (Lipinski definition) is 1. The van der Waals surface area contributed by atoms with Crippen molar-refractivity contribution in [1.29, 1.82) is 0 Å². The Bertz CT molecular complexity index is 39.0. The molecule has 0 aromatic rings. The van der Waals surface area contributed by atoms with Gasteiger partial charge in [-0.25, -0.2) is 0 Å². The van der Waals surface area contributed by atoms with E-state index >= 15 is 0 Å². The molecule has 0 saturated heterocycles. The molecule has 0 spiro atoms. The Balaban J connectivity index is -0.00000000750. The van der Waals surface area contributed by atoms with Crippen molar-refractivity contribution in [2.45, 2.75) is 0 Å². The molecule has 8 N–H and O–H groups in total. The first-order valence-electron chi connectivity index (χ1n) is 0.716. The van der Waals surface area contributed by atoms with Crippen LogP contribution in [-0.2, 0) is 0 Å². The summed E-state index contributed by atoms with van der Waals surface area (Å²) in [7, 11) is 0. The molecule has 0 aromatic heterocycles. The van der Waals surface area contributed by atoms with Gasteiger partial charge in [0.25, 0.3) is 5.24 Å². The van der Waals surface area contributed by atoms with Gasteiger partial charge in [0.2, 0.25) is 0 Å². The standard InChI is InChI=1S/CH3NOS.Na.3H2O/c2-1(3)4;;;;/h(H3,2,3,4);;3*1H2. The quantitative estimate of drug-likeness (QED) is 0.281. The molecule has 0 unspecified atom stereocenters. The number of hydrogen-bond donors (Lipinski definition) is 2. The van der Waals surface area contributed by atoms with Gasteiger partial charge in [-0.15, -0.1) is 0 Å². The van der Waals surface area contributed by atoms with Gasteiger partial charge in [0.1, 0.15) is 0 Å². The van der Waals surface area contributed by atoms with Crippen molar-refractivity contribution in [3.63, 3.8) is 0 Å². The molecule has 0 bridgehead atoms. The van der Waals surface area contributed by atoms with Gasteiger partial charge in [0.15, 0.2) is 0 Å². The summed E-state index contributed by atoms with van der Waals surface area (Å²) < 4.78 is 0. The molecule has 0 aliphatic rings. The third-order valence-corrected chi connectivity index (χ3v) is 0. The van der Waals surface area contributed by atoms with E-state index in [1.807, 2.05) is 0 Å². The number of primary amides is 1. The van der Waals surface area contributed by atoms with Crippen molar-refractivity contribution in [1.82, 2.24) is 0 Å². The molecule has 49 valence electrons. The van der Waals surface area contributed by atoms with E-state index in [-0.39, 0.29) is 46.0 Å². The molecule has 0 aliphatic heterocycles. The van der Waals surface area contributed by atoms with Gasteiger partial charge in [-0.1, -0.05) is 12.6 Å². The van der Waals surface area contributed by atoms with Crippen molar-refractivity contribution in [3.05, 3.63) is 0 Å². The number of carbonyl (C=O) groups excluding carboxylic acids is 1. The zero-order valence-corrected chi connectivity index (χ0v) is 7.33. The number of rotatable bonds is 0. The SMILES string of the molecule is NC(=O)S.O.O.O.[Na]. The van der Waals surface area contributed by atoms with Crippen molar-refractivity contribution in [2.75, 3.05) is 0 Å². The molecular formula is CH9NNaO4S. The van der Waals surface area contributed by atoms with Crippen molar-refractivity contribution >= 4 is 47.4 Å². The summed E-state index contributed by atoms with van der Waals surface area (Å²) in [5.41, 5.74) is 4.34. The van der Waals surface area contributed by atoms with Gasteiger partial charge >= 0.3 is 0 Å². The van der Waals surface area contributed by atoms with Crippen LogP contribution in [0.15, 0.2) is 0 Å².